The quantitative estimate of drug-likeness (QED) is 0.677. The van der Waals surface area contributed by atoms with E-state index >= 15 is 0 Å². The van der Waals surface area contributed by atoms with Crippen molar-refractivity contribution in [3.05, 3.63) is 29.8 Å². The number of methoxy groups -OCH3 is 1. The lowest BCUT2D eigenvalue weighted by Gasteiger charge is -2.38. The molecule has 1 aliphatic rings. The van der Waals surface area contributed by atoms with E-state index in [9.17, 15) is 4.79 Å². The first-order valence-corrected chi connectivity index (χ1v) is 9.97. The summed E-state index contributed by atoms with van der Waals surface area (Å²) >= 11 is 0. The Hall–Kier alpha value is -1.59. The molecule has 0 aliphatic carbocycles. The first-order valence-electron chi connectivity index (χ1n) is 9.97. The summed E-state index contributed by atoms with van der Waals surface area (Å²) in [5.41, 5.74) is 1.28. The Morgan fingerprint density at radius 1 is 1.15 bits per heavy atom. The molecule has 0 aromatic heterocycles. The number of carbonyl (C=O) groups is 1. The maximum Gasteiger partial charge on any atom is 0.236 e. The van der Waals surface area contributed by atoms with Crippen molar-refractivity contribution in [1.82, 2.24) is 14.7 Å². The van der Waals surface area contributed by atoms with Gasteiger partial charge in [-0.05, 0) is 37.5 Å². The van der Waals surface area contributed by atoms with E-state index in [0.717, 1.165) is 57.9 Å². The van der Waals surface area contributed by atoms with Crippen LogP contribution in [0.2, 0.25) is 0 Å². The molecule has 1 aromatic carbocycles. The number of hydrogen-bond acceptors (Lipinski definition) is 4. The monoisotopic (exact) mass is 361 g/mol. The summed E-state index contributed by atoms with van der Waals surface area (Å²) < 4.78 is 5.35. The van der Waals surface area contributed by atoms with Crippen molar-refractivity contribution in [3.8, 4) is 5.75 Å². The van der Waals surface area contributed by atoms with Gasteiger partial charge in [-0.3, -0.25) is 14.6 Å². The molecule has 0 saturated carbocycles. The van der Waals surface area contributed by atoms with Crippen LogP contribution in [0.5, 0.6) is 5.75 Å². The molecule has 0 spiro atoms. The van der Waals surface area contributed by atoms with Gasteiger partial charge in [-0.15, -0.1) is 0 Å². The van der Waals surface area contributed by atoms with Crippen LogP contribution in [-0.4, -0.2) is 73.5 Å². The molecule has 1 unspecified atom stereocenters. The molecule has 1 fully saturated rings. The van der Waals surface area contributed by atoms with Crippen molar-refractivity contribution in [1.29, 1.82) is 0 Å². The molecule has 2 rings (SSSR count). The Labute approximate surface area is 158 Å². The topological polar surface area (TPSA) is 36.0 Å². The van der Waals surface area contributed by atoms with Crippen LogP contribution in [0.4, 0.5) is 0 Å². The number of piperazine rings is 1. The Morgan fingerprint density at radius 3 is 2.38 bits per heavy atom. The van der Waals surface area contributed by atoms with Crippen LogP contribution in [0.1, 0.15) is 45.2 Å². The van der Waals surface area contributed by atoms with Gasteiger partial charge >= 0.3 is 0 Å². The van der Waals surface area contributed by atoms with E-state index in [-0.39, 0.29) is 5.91 Å². The fourth-order valence-corrected chi connectivity index (χ4v) is 3.61. The zero-order chi connectivity index (χ0) is 18.9. The molecule has 0 N–H and O–H groups in total. The normalized spacial score (nSPS) is 17.1. The molecule has 1 aromatic rings. The van der Waals surface area contributed by atoms with Gasteiger partial charge in [0.25, 0.3) is 0 Å². The number of benzene rings is 1. The molecule has 0 bridgehead atoms. The second kappa shape index (κ2) is 10.5. The van der Waals surface area contributed by atoms with Crippen LogP contribution in [0.3, 0.4) is 0 Å². The summed E-state index contributed by atoms with van der Waals surface area (Å²) in [4.78, 5) is 19.4. The smallest absolute Gasteiger partial charge is 0.236 e. The second-order valence-electron chi connectivity index (χ2n) is 7.15. The Kier molecular flexibility index (Phi) is 8.39. The third kappa shape index (κ3) is 5.71. The second-order valence-corrected chi connectivity index (χ2v) is 7.15. The molecular weight excluding hydrogens is 326 g/mol. The predicted octanol–water partition coefficient (Wildman–Crippen LogP) is 3.02. The zero-order valence-corrected chi connectivity index (χ0v) is 16.9. The van der Waals surface area contributed by atoms with E-state index in [2.05, 4.69) is 48.8 Å². The van der Waals surface area contributed by atoms with Gasteiger partial charge in [0.2, 0.25) is 5.91 Å². The minimum atomic E-state index is 0.281. The molecule has 1 saturated heterocycles. The third-order valence-corrected chi connectivity index (χ3v) is 5.23. The summed E-state index contributed by atoms with van der Waals surface area (Å²) in [6, 6.07) is 8.68. The number of hydrogen-bond donors (Lipinski definition) is 0. The summed E-state index contributed by atoms with van der Waals surface area (Å²) in [7, 11) is 1.71. The minimum Gasteiger partial charge on any atom is -0.497 e. The van der Waals surface area contributed by atoms with Crippen LogP contribution in [0.25, 0.3) is 0 Å². The maximum absolute atomic E-state index is 12.6. The highest BCUT2D eigenvalue weighted by molar-refractivity contribution is 5.78. The molecule has 146 valence electrons. The number of carbonyl (C=O) groups excluding carboxylic acids is 1. The fraction of sp³-hybridized carbons (Fsp3) is 0.667. The molecule has 1 atom stereocenters. The van der Waals surface area contributed by atoms with E-state index < -0.39 is 0 Å². The van der Waals surface area contributed by atoms with Crippen molar-refractivity contribution in [2.75, 3.05) is 52.9 Å². The van der Waals surface area contributed by atoms with Crippen molar-refractivity contribution in [2.24, 2.45) is 0 Å². The predicted molar refractivity (Wildman–Crippen MR) is 107 cm³/mol. The van der Waals surface area contributed by atoms with Crippen molar-refractivity contribution in [3.63, 3.8) is 0 Å². The van der Waals surface area contributed by atoms with Crippen LogP contribution in [0.15, 0.2) is 24.3 Å². The summed E-state index contributed by atoms with van der Waals surface area (Å²) in [5.74, 6) is 1.19. The fourth-order valence-electron chi connectivity index (χ4n) is 3.61. The van der Waals surface area contributed by atoms with Crippen LogP contribution in [-0.2, 0) is 4.79 Å². The minimum absolute atomic E-state index is 0.281. The summed E-state index contributed by atoms with van der Waals surface area (Å²) in [5, 5.41) is 0. The molecule has 1 heterocycles. The lowest BCUT2D eigenvalue weighted by Crippen LogP contribution is -2.50. The van der Waals surface area contributed by atoms with Crippen molar-refractivity contribution in [2.45, 2.75) is 39.7 Å². The number of ether oxygens (including phenoxy) is 1. The van der Waals surface area contributed by atoms with E-state index in [4.69, 9.17) is 4.74 Å². The van der Waals surface area contributed by atoms with Gasteiger partial charge in [0.1, 0.15) is 5.75 Å². The SMILES string of the molecule is CCCN(CCC)C(=O)CN1CCN(C(C)c2cccc(OC)c2)CC1. The number of nitrogens with zero attached hydrogens (tertiary/aromatic N) is 3. The van der Waals surface area contributed by atoms with Crippen molar-refractivity contribution < 1.29 is 9.53 Å². The first kappa shape index (κ1) is 20.7. The van der Waals surface area contributed by atoms with E-state index in [1.54, 1.807) is 7.11 Å². The van der Waals surface area contributed by atoms with Crippen LogP contribution < -0.4 is 4.74 Å². The van der Waals surface area contributed by atoms with Crippen LogP contribution in [0, 0.1) is 0 Å². The van der Waals surface area contributed by atoms with E-state index in [0.29, 0.717) is 12.6 Å². The Morgan fingerprint density at radius 2 is 1.81 bits per heavy atom. The largest absolute Gasteiger partial charge is 0.497 e. The average molecular weight is 362 g/mol. The first-order chi connectivity index (χ1) is 12.6. The Balaban J connectivity index is 1.85. The lowest BCUT2D eigenvalue weighted by atomic mass is 10.1. The summed E-state index contributed by atoms with van der Waals surface area (Å²) in [6.07, 6.45) is 2.05. The molecule has 5 heteroatoms. The molecule has 1 amide bonds. The highest BCUT2D eigenvalue weighted by atomic mass is 16.5. The standard InChI is InChI=1S/C21H35N3O2/c1-5-10-24(11-6-2)21(25)17-22-12-14-23(15-13-22)18(3)19-8-7-9-20(16-19)26-4/h7-9,16,18H,5-6,10-15,17H2,1-4H3. The van der Waals surface area contributed by atoms with Gasteiger partial charge in [0.05, 0.1) is 13.7 Å². The molecule has 0 radical (unpaired) electrons. The van der Waals surface area contributed by atoms with Gasteiger partial charge in [-0.1, -0.05) is 26.0 Å². The molecule has 5 nitrogen and oxygen atoms in total. The van der Waals surface area contributed by atoms with Crippen LogP contribution >= 0.6 is 0 Å². The van der Waals surface area contributed by atoms with Gasteiger partial charge in [-0.2, -0.15) is 0 Å². The highest BCUT2D eigenvalue weighted by Gasteiger charge is 2.24. The van der Waals surface area contributed by atoms with Gasteiger partial charge in [-0.25, -0.2) is 0 Å². The lowest BCUT2D eigenvalue weighted by molar-refractivity contribution is -0.133. The average Bonchev–Trinajstić information content (AvgIpc) is 2.68. The van der Waals surface area contributed by atoms with Gasteiger partial charge < -0.3 is 9.64 Å². The molecule has 26 heavy (non-hydrogen) atoms. The Bertz CT molecular complexity index is 550. The summed E-state index contributed by atoms with van der Waals surface area (Å²) in [6.45, 7) is 12.7. The third-order valence-electron chi connectivity index (χ3n) is 5.23. The van der Waals surface area contributed by atoms with Gasteiger partial charge in [0.15, 0.2) is 0 Å². The zero-order valence-electron chi connectivity index (χ0n) is 16.9. The molecule has 1 aliphatic heterocycles. The van der Waals surface area contributed by atoms with Crippen molar-refractivity contribution >= 4 is 5.91 Å². The van der Waals surface area contributed by atoms with Gasteiger partial charge in [0, 0.05) is 45.3 Å². The number of amides is 1. The highest BCUT2D eigenvalue weighted by Crippen LogP contribution is 2.24. The number of rotatable bonds is 9. The maximum atomic E-state index is 12.6. The van der Waals surface area contributed by atoms with E-state index in [1.807, 2.05) is 11.0 Å². The van der Waals surface area contributed by atoms with E-state index in [1.165, 1.54) is 5.56 Å². The molecular formula is C21H35N3O2.